The third kappa shape index (κ3) is 3.65. The van der Waals surface area contributed by atoms with Gasteiger partial charge in [-0.2, -0.15) is 0 Å². The van der Waals surface area contributed by atoms with Gasteiger partial charge in [-0.15, -0.1) is 0 Å². The molecule has 0 amide bonds. The molecule has 0 aromatic carbocycles. The molecule has 0 heterocycles. The van der Waals surface area contributed by atoms with E-state index in [0.29, 0.717) is 30.4 Å². The fourth-order valence-corrected chi connectivity index (χ4v) is 5.91. The van der Waals surface area contributed by atoms with Crippen LogP contribution in [0.25, 0.3) is 0 Å². The first-order valence-corrected chi connectivity index (χ1v) is 10.7. The van der Waals surface area contributed by atoms with Crippen LogP contribution in [0.1, 0.15) is 72.6 Å². The van der Waals surface area contributed by atoms with Crippen LogP contribution in [0.2, 0.25) is 0 Å². The molecular weight excluding hydrogens is 320 g/mol. The summed E-state index contributed by atoms with van der Waals surface area (Å²) in [6.45, 7) is 10.9. The molecule has 0 saturated heterocycles. The van der Waals surface area contributed by atoms with E-state index in [1.54, 1.807) is 11.1 Å². The minimum Gasteiger partial charge on any atom is -0.396 e. The molecule has 4 atom stereocenters. The van der Waals surface area contributed by atoms with Crippen LogP contribution in [0.15, 0.2) is 28.5 Å². The number of hydrogen-bond acceptors (Lipinski definition) is 3. The molecule has 0 bridgehead atoms. The lowest BCUT2D eigenvalue weighted by molar-refractivity contribution is -0.0143. The average Bonchev–Trinajstić information content (AvgIpc) is 2.61. The van der Waals surface area contributed by atoms with Gasteiger partial charge in [-0.05, 0) is 73.8 Å². The van der Waals surface area contributed by atoms with Crippen LogP contribution in [0.5, 0.6) is 0 Å². The summed E-state index contributed by atoms with van der Waals surface area (Å²) in [6, 6.07) is 0. The standard InChI is InChI=1S/C23H38N2O/c1-17(2)18-7-9-20-19(15-18)8-10-21-22(3,11-5-12-23(20,21)4)16-25-26-14-6-13-24/h8,15-17,20-21H,5-7,9-14,24H2,1-4H3/b25-16+/t20-,21-,22-,23+/m0/s1. The van der Waals surface area contributed by atoms with Gasteiger partial charge in [0.05, 0.1) is 0 Å². The molecule has 0 radical (unpaired) electrons. The molecule has 0 aliphatic heterocycles. The maximum atomic E-state index is 5.53. The molecule has 0 spiro atoms. The zero-order chi connectivity index (χ0) is 18.8. The maximum Gasteiger partial charge on any atom is 0.118 e. The lowest BCUT2D eigenvalue weighted by atomic mass is 9.47. The van der Waals surface area contributed by atoms with Crippen molar-refractivity contribution in [3.05, 3.63) is 23.3 Å². The van der Waals surface area contributed by atoms with Gasteiger partial charge in [0.15, 0.2) is 0 Å². The molecule has 2 N–H and O–H groups in total. The summed E-state index contributed by atoms with van der Waals surface area (Å²) in [5.74, 6) is 2.06. The molecule has 0 aromatic rings. The van der Waals surface area contributed by atoms with Crippen LogP contribution in [-0.2, 0) is 4.84 Å². The van der Waals surface area contributed by atoms with E-state index in [4.69, 9.17) is 10.6 Å². The normalized spacial score (nSPS) is 37.2. The largest absolute Gasteiger partial charge is 0.396 e. The maximum absolute atomic E-state index is 5.53. The van der Waals surface area contributed by atoms with E-state index in [1.165, 1.54) is 38.5 Å². The Balaban J connectivity index is 1.81. The van der Waals surface area contributed by atoms with E-state index in [9.17, 15) is 0 Å². The first-order valence-electron chi connectivity index (χ1n) is 10.7. The summed E-state index contributed by atoms with van der Waals surface area (Å²) >= 11 is 0. The van der Waals surface area contributed by atoms with E-state index in [-0.39, 0.29) is 5.41 Å². The first kappa shape index (κ1) is 19.7. The van der Waals surface area contributed by atoms with Crippen LogP contribution >= 0.6 is 0 Å². The van der Waals surface area contributed by atoms with E-state index in [0.717, 1.165) is 12.3 Å². The summed E-state index contributed by atoms with van der Waals surface area (Å²) in [5, 5.41) is 4.35. The van der Waals surface area contributed by atoms with Gasteiger partial charge in [-0.25, -0.2) is 0 Å². The fourth-order valence-electron chi connectivity index (χ4n) is 5.91. The smallest absolute Gasteiger partial charge is 0.118 e. The Bertz CT molecular complexity index is 591. The minimum absolute atomic E-state index is 0.139. The Hall–Kier alpha value is -1.09. The Morgan fingerprint density at radius 2 is 2.15 bits per heavy atom. The number of fused-ring (bicyclic) bond motifs is 3. The number of oxime groups is 1. The van der Waals surface area contributed by atoms with Gasteiger partial charge in [0.25, 0.3) is 0 Å². The number of rotatable bonds is 6. The van der Waals surface area contributed by atoms with Crippen molar-refractivity contribution in [2.45, 2.75) is 72.6 Å². The highest BCUT2D eigenvalue weighted by atomic mass is 16.6. The van der Waals surface area contributed by atoms with Gasteiger partial charge >= 0.3 is 0 Å². The summed E-state index contributed by atoms with van der Waals surface area (Å²) < 4.78 is 0. The topological polar surface area (TPSA) is 47.6 Å². The Kier molecular flexibility index (Phi) is 5.96. The summed E-state index contributed by atoms with van der Waals surface area (Å²) in [6.07, 6.45) is 15.7. The summed E-state index contributed by atoms with van der Waals surface area (Å²) in [5.41, 5.74) is 9.32. The minimum atomic E-state index is 0.139. The van der Waals surface area contributed by atoms with Crippen molar-refractivity contribution in [2.24, 2.45) is 39.5 Å². The molecule has 0 unspecified atom stereocenters. The molecule has 3 aliphatic rings. The Morgan fingerprint density at radius 3 is 2.88 bits per heavy atom. The average molecular weight is 359 g/mol. The summed E-state index contributed by atoms with van der Waals surface area (Å²) in [4.78, 5) is 5.47. The van der Waals surface area contributed by atoms with E-state index in [1.807, 2.05) is 0 Å². The van der Waals surface area contributed by atoms with Gasteiger partial charge in [0.1, 0.15) is 6.61 Å². The summed E-state index contributed by atoms with van der Waals surface area (Å²) in [7, 11) is 0. The second-order valence-electron chi connectivity index (χ2n) is 9.53. The van der Waals surface area contributed by atoms with E-state index in [2.05, 4.69) is 51.2 Å². The molecule has 146 valence electrons. The van der Waals surface area contributed by atoms with Crippen LogP contribution in [0, 0.1) is 28.6 Å². The Morgan fingerprint density at radius 1 is 1.35 bits per heavy atom. The van der Waals surface area contributed by atoms with Crippen molar-refractivity contribution in [1.82, 2.24) is 0 Å². The number of allylic oxidation sites excluding steroid dienone is 4. The monoisotopic (exact) mass is 358 g/mol. The van der Waals surface area contributed by atoms with Crippen molar-refractivity contribution in [3.63, 3.8) is 0 Å². The quantitative estimate of drug-likeness (QED) is 0.388. The molecule has 3 nitrogen and oxygen atoms in total. The third-order valence-electron chi connectivity index (χ3n) is 7.49. The predicted molar refractivity (Wildman–Crippen MR) is 110 cm³/mol. The van der Waals surface area contributed by atoms with Crippen LogP contribution in [-0.4, -0.2) is 19.4 Å². The zero-order valence-electron chi connectivity index (χ0n) is 17.3. The second-order valence-corrected chi connectivity index (χ2v) is 9.53. The van der Waals surface area contributed by atoms with Crippen molar-refractivity contribution in [3.8, 4) is 0 Å². The molecular formula is C23H38N2O. The highest BCUT2D eigenvalue weighted by molar-refractivity contribution is 5.66. The molecule has 1 fully saturated rings. The van der Waals surface area contributed by atoms with Gasteiger partial charge in [-0.3, -0.25) is 0 Å². The van der Waals surface area contributed by atoms with Gasteiger partial charge in [-0.1, -0.05) is 57.0 Å². The van der Waals surface area contributed by atoms with Crippen molar-refractivity contribution in [1.29, 1.82) is 0 Å². The highest BCUT2D eigenvalue weighted by Crippen LogP contribution is 2.61. The molecule has 0 aromatic heterocycles. The molecule has 26 heavy (non-hydrogen) atoms. The van der Waals surface area contributed by atoms with Crippen LogP contribution in [0.4, 0.5) is 0 Å². The lowest BCUT2D eigenvalue weighted by Crippen LogP contribution is -2.50. The highest BCUT2D eigenvalue weighted by Gasteiger charge is 2.53. The molecule has 3 rings (SSSR count). The van der Waals surface area contributed by atoms with Crippen molar-refractivity contribution < 1.29 is 4.84 Å². The molecule has 3 aliphatic carbocycles. The second kappa shape index (κ2) is 7.88. The number of nitrogens with zero attached hydrogens (tertiary/aromatic N) is 1. The third-order valence-corrected chi connectivity index (χ3v) is 7.49. The lowest BCUT2D eigenvalue weighted by Gasteiger charge is -2.57. The molecule has 3 heteroatoms. The van der Waals surface area contributed by atoms with Gasteiger partial charge in [0, 0.05) is 11.6 Å². The van der Waals surface area contributed by atoms with Crippen molar-refractivity contribution in [2.75, 3.05) is 13.2 Å². The first-order chi connectivity index (χ1) is 12.4. The van der Waals surface area contributed by atoms with Gasteiger partial charge < -0.3 is 10.6 Å². The van der Waals surface area contributed by atoms with E-state index >= 15 is 0 Å². The zero-order valence-corrected chi connectivity index (χ0v) is 17.3. The fraction of sp³-hybridized carbons (Fsp3) is 0.783. The van der Waals surface area contributed by atoms with Gasteiger partial charge in [0.2, 0.25) is 0 Å². The van der Waals surface area contributed by atoms with Crippen LogP contribution < -0.4 is 5.73 Å². The SMILES string of the molecule is CC(C)C1=CC2=CC[C@@H]3[C@](C)(CCC[C@@]3(C)/C=N/OCCCN)[C@H]2CC1. The van der Waals surface area contributed by atoms with Crippen LogP contribution in [0.3, 0.4) is 0 Å². The van der Waals surface area contributed by atoms with Crippen molar-refractivity contribution >= 4 is 6.21 Å². The number of hydrogen-bond donors (Lipinski definition) is 1. The number of nitrogens with two attached hydrogens (primary N) is 1. The molecule has 1 saturated carbocycles. The Labute approximate surface area is 160 Å². The van der Waals surface area contributed by atoms with E-state index < -0.39 is 0 Å². The predicted octanol–water partition coefficient (Wildman–Crippen LogP) is 5.47.